The minimum absolute atomic E-state index is 0.00946. The van der Waals surface area contributed by atoms with Crippen molar-refractivity contribution in [2.24, 2.45) is 0 Å². The van der Waals surface area contributed by atoms with Crippen LogP contribution >= 0.6 is 0 Å². The molecule has 0 saturated carbocycles. The highest BCUT2D eigenvalue weighted by Crippen LogP contribution is 2.49. The number of nitrogens with zero attached hydrogens (tertiary/aromatic N) is 1. The van der Waals surface area contributed by atoms with Crippen LogP contribution in [0.5, 0.6) is 0 Å². The number of benzene rings is 9. The van der Waals surface area contributed by atoms with Crippen molar-refractivity contribution in [2.45, 2.75) is 19.3 Å². The summed E-state index contributed by atoms with van der Waals surface area (Å²) in [6.45, 7) is 4.67. The smallest absolute Gasteiger partial charge is 0.135 e. The van der Waals surface area contributed by atoms with Gasteiger partial charge in [-0.2, -0.15) is 0 Å². The summed E-state index contributed by atoms with van der Waals surface area (Å²) in [5.41, 5.74) is 20.1. The van der Waals surface area contributed by atoms with Crippen LogP contribution in [0.1, 0.15) is 25.0 Å². The van der Waals surface area contributed by atoms with Crippen molar-refractivity contribution < 1.29 is 4.42 Å². The predicted octanol–water partition coefficient (Wildman–Crippen LogP) is 16.0. The van der Waals surface area contributed by atoms with Gasteiger partial charge in [-0.15, -0.1) is 0 Å². The maximum Gasteiger partial charge on any atom is 0.135 e. The minimum atomic E-state index is 0.00946. The zero-order valence-corrected chi connectivity index (χ0v) is 33.1. The molecule has 280 valence electrons. The molecule has 0 unspecified atom stereocenters. The lowest BCUT2D eigenvalue weighted by Crippen LogP contribution is -2.14. The maximum absolute atomic E-state index is 6.12. The lowest BCUT2D eigenvalue weighted by molar-refractivity contribution is 0.660. The van der Waals surface area contributed by atoms with Gasteiger partial charge in [0.1, 0.15) is 11.2 Å². The number of para-hydroxylation sites is 2. The number of anilines is 3. The van der Waals surface area contributed by atoms with Crippen LogP contribution in [0.15, 0.2) is 217 Å². The van der Waals surface area contributed by atoms with Crippen LogP contribution in [0.25, 0.3) is 77.6 Å². The summed E-state index contributed by atoms with van der Waals surface area (Å²) in [6.07, 6.45) is 0. The average molecular weight is 756 g/mol. The molecule has 1 heterocycles. The number of fused-ring (bicyclic) bond motifs is 6. The third-order valence-electron chi connectivity index (χ3n) is 12.3. The molecule has 0 aliphatic heterocycles. The Morgan fingerprint density at radius 1 is 0.339 bits per heavy atom. The van der Waals surface area contributed by atoms with Crippen LogP contribution in [0.4, 0.5) is 17.1 Å². The van der Waals surface area contributed by atoms with E-state index in [-0.39, 0.29) is 5.41 Å². The molecule has 1 aliphatic carbocycles. The van der Waals surface area contributed by atoms with Crippen LogP contribution in [0, 0.1) is 0 Å². The van der Waals surface area contributed by atoms with E-state index < -0.39 is 0 Å². The van der Waals surface area contributed by atoms with E-state index in [1.807, 2.05) is 12.1 Å². The van der Waals surface area contributed by atoms with Crippen molar-refractivity contribution in [3.8, 4) is 55.6 Å². The molecule has 0 radical (unpaired) electrons. The minimum Gasteiger partial charge on any atom is -0.456 e. The van der Waals surface area contributed by atoms with Crippen LogP contribution in [0.2, 0.25) is 0 Å². The van der Waals surface area contributed by atoms with Gasteiger partial charge in [0, 0.05) is 33.1 Å². The van der Waals surface area contributed by atoms with E-state index in [2.05, 4.69) is 219 Å². The SMILES string of the molecule is CC1(C)c2ccccc2-c2cc(-c3ccc(-c4ccc(N(c5ccc(-c6ccc7oc8ccccc8c7c6)cc5)c5ccccc5-c5ccccc5)cc4)cc3)ccc21. The fourth-order valence-corrected chi connectivity index (χ4v) is 9.22. The van der Waals surface area contributed by atoms with Gasteiger partial charge >= 0.3 is 0 Å². The van der Waals surface area contributed by atoms with Crippen molar-refractivity contribution in [2.75, 3.05) is 4.90 Å². The summed E-state index contributed by atoms with van der Waals surface area (Å²) in [4.78, 5) is 2.37. The van der Waals surface area contributed by atoms with Crippen molar-refractivity contribution in [1.29, 1.82) is 0 Å². The quantitative estimate of drug-likeness (QED) is 0.161. The van der Waals surface area contributed by atoms with E-state index in [9.17, 15) is 0 Å². The van der Waals surface area contributed by atoms with E-state index in [1.165, 1.54) is 55.6 Å². The van der Waals surface area contributed by atoms with Crippen LogP contribution in [-0.4, -0.2) is 0 Å². The predicted molar refractivity (Wildman–Crippen MR) is 248 cm³/mol. The summed E-state index contributed by atoms with van der Waals surface area (Å²) >= 11 is 0. The van der Waals surface area contributed by atoms with Crippen molar-refractivity contribution in [3.63, 3.8) is 0 Å². The van der Waals surface area contributed by atoms with Gasteiger partial charge in [0.25, 0.3) is 0 Å². The van der Waals surface area contributed by atoms with Crippen LogP contribution in [-0.2, 0) is 5.41 Å². The fourth-order valence-electron chi connectivity index (χ4n) is 9.22. The van der Waals surface area contributed by atoms with E-state index in [0.29, 0.717) is 0 Å². The average Bonchev–Trinajstić information content (AvgIpc) is 3.78. The second-order valence-electron chi connectivity index (χ2n) is 16.1. The number of rotatable bonds is 7. The Balaban J connectivity index is 0.931. The zero-order chi connectivity index (χ0) is 39.5. The third-order valence-corrected chi connectivity index (χ3v) is 12.3. The number of hydrogen-bond acceptors (Lipinski definition) is 2. The van der Waals surface area contributed by atoms with Crippen molar-refractivity contribution in [3.05, 3.63) is 223 Å². The molecule has 0 amide bonds. The molecule has 1 aromatic heterocycles. The van der Waals surface area contributed by atoms with Gasteiger partial charge in [0.2, 0.25) is 0 Å². The lowest BCUT2D eigenvalue weighted by atomic mass is 9.82. The molecule has 2 heteroatoms. The molecule has 59 heavy (non-hydrogen) atoms. The monoisotopic (exact) mass is 755 g/mol. The van der Waals surface area contributed by atoms with Gasteiger partial charge in [-0.3, -0.25) is 0 Å². The Kier molecular flexibility index (Phi) is 8.20. The maximum atomic E-state index is 6.12. The molecule has 10 aromatic rings. The molecule has 9 aromatic carbocycles. The van der Waals surface area contributed by atoms with Crippen LogP contribution in [0.3, 0.4) is 0 Å². The Morgan fingerprint density at radius 2 is 0.831 bits per heavy atom. The summed E-state index contributed by atoms with van der Waals surface area (Å²) in [6, 6.07) is 76.8. The highest BCUT2D eigenvalue weighted by molar-refractivity contribution is 6.06. The van der Waals surface area contributed by atoms with Gasteiger partial charge in [0.15, 0.2) is 0 Å². The summed E-state index contributed by atoms with van der Waals surface area (Å²) < 4.78 is 6.12. The summed E-state index contributed by atoms with van der Waals surface area (Å²) in [5, 5.41) is 2.27. The molecule has 0 bridgehead atoms. The van der Waals surface area contributed by atoms with E-state index >= 15 is 0 Å². The van der Waals surface area contributed by atoms with Crippen LogP contribution < -0.4 is 4.90 Å². The Morgan fingerprint density at radius 3 is 1.54 bits per heavy atom. The van der Waals surface area contributed by atoms with Gasteiger partial charge in [0.05, 0.1) is 5.69 Å². The molecular formula is C57H41NO. The number of furan rings is 1. The largest absolute Gasteiger partial charge is 0.456 e. The first-order valence-electron chi connectivity index (χ1n) is 20.4. The second-order valence-corrected chi connectivity index (χ2v) is 16.1. The lowest BCUT2D eigenvalue weighted by Gasteiger charge is -2.28. The van der Waals surface area contributed by atoms with E-state index in [0.717, 1.165) is 50.1 Å². The number of hydrogen-bond donors (Lipinski definition) is 0. The third kappa shape index (κ3) is 5.96. The molecule has 0 spiro atoms. The van der Waals surface area contributed by atoms with Crippen molar-refractivity contribution >= 4 is 39.0 Å². The van der Waals surface area contributed by atoms with Gasteiger partial charge in [-0.05, 0) is 116 Å². The highest BCUT2D eigenvalue weighted by atomic mass is 16.3. The highest BCUT2D eigenvalue weighted by Gasteiger charge is 2.35. The molecule has 1 aliphatic rings. The zero-order valence-electron chi connectivity index (χ0n) is 33.1. The molecule has 0 fully saturated rings. The Bertz CT molecular complexity index is 3150. The first-order chi connectivity index (χ1) is 29.0. The molecule has 0 saturated heterocycles. The first-order valence-corrected chi connectivity index (χ1v) is 20.4. The standard InChI is InChI=1S/C57H41NO/c1-57(2)52-17-9-6-15-48(52)50-36-43(28-34-53(50)57)40-22-20-38(21-23-40)39-24-30-45(31-25-39)58(54-18-10-7-14-47(54)42-12-4-3-5-13-42)46-32-26-41(27-33-46)44-29-35-56-51(37-44)49-16-8-11-19-55(49)59-56/h3-37H,1-2H3. The molecular weight excluding hydrogens is 715 g/mol. The molecule has 2 nitrogen and oxygen atoms in total. The summed E-state index contributed by atoms with van der Waals surface area (Å²) in [7, 11) is 0. The van der Waals surface area contributed by atoms with E-state index in [1.54, 1.807) is 0 Å². The molecule has 0 atom stereocenters. The van der Waals surface area contributed by atoms with Gasteiger partial charge < -0.3 is 9.32 Å². The van der Waals surface area contributed by atoms with E-state index in [4.69, 9.17) is 4.42 Å². The van der Waals surface area contributed by atoms with Gasteiger partial charge in [-0.25, -0.2) is 0 Å². The van der Waals surface area contributed by atoms with Gasteiger partial charge in [-0.1, -0.05) is 172 Å². The Labute approximate surface area is 345 Å². The first kappa shape index (κ1) is 34.8. The fraction of sp³-hybridized carbons (Fsp3) is 0.0526. The summed E-state index contributed by atoms with van der Waals surface area (Å²) in [5.74, 6) is 0. The normalized spacial score (nSPS) is 12.7. The van der Waals surface area contributed by atoms with Crippen molar-refractivity contribution in [1.82, 2.24) is 0 Å². The second kappa shape index (κ2) is 13.9. The molecule has 11 rings (SSSR count). The molecule has 0 N–H and O–H groups in total. The topological polar surface area (TPSA) is 16.4 Å². The Hall–Kier alpha value is -7.42.